The van der Waals surface area contributed by atoms with E-state index in [4.69, 9.17) is 14.6 Å². The van der Waals surface area contributed by atoms with Gasteiger partial charge < -0.3 is 20.5 Å². The lowest BCUT2D eigenvalue weighted by atomic mass is 10.2. The summed E-state index contributed by atoms with van der Waals surface area (Å²) in [4.78, 5) is 24.2. The topological polar surface area (TPSA) is 140 Å². The van der Waals surface area contributed by atoms with Crippen molar-refractivity contribution < 1.29 is 27.9 Å². The van der Waals surface area contributed by atoms with E-state index in [-0.39, 0.29) is 23.9 Å². The number of likely N-dealkylation sites (N-methyl/N-ethyl adjacent to an activating group) is 1. The standard InChI is InChI=1S/C18H18N4O4S.CH2O2/c1-19-8-6-12-10-22(15-3-2-7-20-18(12)15)27(24,25)13-4-5-14-16(9-13)26-11-17(23)21-14;2-1-3/h2-5,7,9-10,19H,6,8,11H2,1H3,(H,21,23);1H,(H,2,3). The molecule has 3 N–H and O–H groups in total. The Labute approximate surface area is 172 Å². The minimum absolute atomic E-state index is 0.0818. The molecule has 10 nitrogen and oxygen atoms in total. The molecule has 158 valence electrons. The number of nitrogens with zero attached hydrogens (tertiary/aromatic N) is 2. The highest BCUT2D eigenvalue weighted by atomic mass is 32.2. The lowest BCUT2D eigenvalue weighted by molar-refractivity contribution is -0.123. The maximum atomic E-state index is 13.3. The van der Waals surface area contributed by atoms with Crippen molar-refractivity contribution in [1.82, 2.24) is 14.3 Å². The summed E-state index contributed by atoms with van der Waals surface area (Å²) in [5.74, 6) is 0.0652. The fraction of sp³-hybridized carbons (Fsp3) is 0.211. The molecule has 0 saturated carbocycles. The molecule has 0 spiro atoms. The largest absolute Gasteiger partial charge is 0.483 e. The molecule has 1 aromatic carbocycles. The van der Waals surface area contributed by atoms with Crippen molar-refractivity contribution in [2.75, 3.05) is 25.5 Å². The van der Waals surface area contributed by atoms with Crippen molar-refractivity contribution in [1.29, 1.82) is 0 Å². The molecule has 0 atom stereocenters. The van der Waals surface area contributed by atoms with E-state index < -0.39 is 10.0 Å². The van der Waals surface area contributed by atoms with Crippen LogP contribution in [0.2, 0.25) is 0 Å². The summed E-state index contributed by atoms with van der Waals surface area (Å²) in [7, 11) is -2.01. The number of hydrogen-bond acceptors (Lipinski definition) is 7. The van der Waals surface area contributed by atoms with Crippen LogP contribution in [-0.2, 0) is 26.0 Å². The maximum absolute atomic E-state index is 13.3. The highest BCUT2D eigenvalue weighted by Gasteiger charge is 2.24. The Hall–Kier alpha value is -3.44. The number of fused-ring (bicyclic) bond motifs is 2. The van der Waals surface area contributed by atoms with Crippen LogP contribution in [0.3, 0.4) is 0 Å². The zero-order valence-electron chi connectivity index (χ0n) is 16.0. The van der Waals surface area contributed by atoms with Crippen LogP contribution in [0, 0.1) is 0 Å². The number of carbonyl (C=O) groups is 2. The van der Waals surface area contributed by atoms with Crippen LogP contribution in [0.4, 0.5) is 5.69 Å². The van der Waals surface area contributed by atoms with Crippen LogP contribution < -0.4 is 15.4 Å². The van der Waals surface area contributed by atoms with Crippen LogP contribution in [0.15, 0.2) is 47.6 Å². The van der Waals surface area contributed by atoms with E-state index in [2.05, 4.69) is 15.6 Å². The van der Waals surface area contributed by atoms with Crippen LogP contribution in [0.1, 0.15) is 5.56 Å². The molecule has 0 aliphatic carbocycles. The molecule has 3 aromatic rings. The average Bonchev–Trinajstić information content (AvgIpc) is 3.12. The molecule has 30 heavy (non-hydrogen) atoms. The highest BCUT2D eigenvalue weighted by molar-refractivity contribution is 7.90. The molecular weight excluding hydrogens is 412 g/mol. The first-order valence-electron chi connectivity index (χ1n) is 8.92. The minimum atomic E-state index is -3.85. The van der Waals surface area contributed by atoms with E-state index in [1.807, 2.05) is 7.05 Å². The predicted octanol–water partition coefficient (Wildman–Crippen LogP) is 1.07. The van der Waals surface area contributed by atoms with Gasteiger partial charge in [-0.3, -0.25) is 14.6 Å². The second-order valence-corrected chi connectivity index (χ2v) is 8.10. The third-order valence-corrected chi connectivity index (χ3v) is 6.06. The second-order valence-electron chi connectivity index (χ2n) is 6.28. The number of ether oxygens (including phenoxy) is 1. The lowest BCUT2D eigenvalue weighted by Gasteiger charge is -2.18. The zero-order valence-corrected chi connectivity index (χ0v) is 16.8. The zero-order chi connectivity index (χ0) is 21.7. The fourth-order valence-electron chi connectivity index (χ4n) is 3.06. The molecular formula is C19H20N4O6S. The molecule has 11 heteroatoms. The third-order valence-electron chi connectivity index (χ3n) is 4.39. The number of aromatic nitrogens is 2. The Morgan fingerprint density at radius 1 is 1.37 bits per heavy atom. The van der Waals surface area contributed by atoms with Gasteiger partial charge in [0, 0.05) is 18.5 Å². The fourth-order valence-corrected chi connectivity index (χ4v) is 4.46. The number of carboxylic acid groups (broad SMARTS) is 1. The normalized spacial score (nSPS) is 12.9. The van der Waals surface area contributed by atoms with Crippen molar-refractivity contribution in [3.8, 4) is 5.75 Å². The summed E-state index contributed by atoms with van der Waals surface area (Å²) in [6.07, 6.45) is 3.93. The Bertz CT molecular complexity index is 1190. The molecule has 0 fully saturated rings. The third kappa shape index (κ3) is 4.11. The van der Waals surface area contributed by atoms with E-state index in [1.165, 1.54) is 22.2 Å². The van der Waals surface area contributed by atoms with Gasteiger partial charge in [-0.1, -0.05) is 0 Å². The van der Waals surface area contributed by atoms with Gasteiger partial charge in [0.1, 0.15) is 5.75 Å². The summed E-state index contributed by atoms with van der Waals surface area (Å²) in [5.41, 5.74) is 2.50. The number of anilines is 1. The van der Waals surface area contributed by atoms with Gasteiger partial charge in [-0.25, -0.2) is 12.4 Å². The second kappa shape index (κ2) is 8.93. The van der Waals surface area contributed by atoms with Crippen LogP contribution in [0.25, 0.3) is 11.0 Å². The lowest BCUT2D eigenvalue weighted by Crippen LogP contribution is -2.25. The van der Waals surface area contributed by atoms with Gasteiger partial charge in [0.2, 0.25) is 0 Å². The summed E-state index contributed by atoms with van der Waals surface area (Å²) in [6, 6.07) is 7.86. The van der Waals surface area contributed by atoms with Crippen molar-refractivity contribution in [3.05, 3.63) is 48.3 Å². The quantitative estimate of drug-likeness (QED) is 0.509. The van der Waals surface area contributed by atoms with Crippen molar-refractivity contribution >= 4 is 39.1 Å². The van der Waals surface area contributed by atoms with Crippen molar-refractivity contribution in [3.63, 3.8) is 0 Å². The Balaban J connectivity index is 0.000000806. The van der Waals surface area contributed by atoms with Crippen molar-refractivity contribution in [2.24, 2.45) is 0 Å². The highest BCUT2D eigenvalue weighted by Crippen LogP contribution is 2.32. The molecule has 1 aliphatic heterocycles. The number of carbonyl (C=O) groups excluding carboxylic acids is 1. The van der Waals surface area contributed by atoms with E-state index in [0.29, 0.717) is 35.4 Å². The molecule has 0 unspecified atom stereocenters. The molecule has 2 aromatic heterocycles. The Kier molecular flexibility index (Phi) is 6.33. The monoisotopic (exact) mass is 432 g/mol. The van der Waals surface area contributed by atoms with Gasteiger partial charge in [0.25, 0.3) is 22.4 Å². The molecule has 1 aliphatic rings. The number of nitrogens with one attached hydrogen (secondary N) is 2. The van der Waals surface area contributed by atoms with E-state index in [9.17, 15) is 13.2 Å². The van der Waals surface area contributed by atoms with Gasteiger partial charge in [-0.2, -0.15) is 0 Å². The summed E-state index contributed by atoms with van der Waals surface area (Å²) in [6.45, 7) is 0.323. The van der Waals surface area contributed by atoms with Crippen LogP contribution in [0.5, 0.6) is 5.75 Å². The number of benzene rings is 1. The van der Waals surface area contributed by atoms with E-state index in [0.717, 1.165) is 5.56 Å². The van der Waals surface area contributed by atoms with Crippen LogP contribution >= 0.6 is 0 Å². The first kappa shape index (κ1) is 21.3. The number of hydrogen-bond donors (Lipinski definition) is 3. The summed E-state index contributed by atoms with van der Waals surface area (Å²) < 4.78 is 33.1. The van der Waals surface area contributed by atoms with E-state index >= 15 is 0 Å². The van der Waals surface area contributed by atoms with Crippen molar-refractivity contribution in [2.45, 2.75) is 11.3 Å². The molecule has 3 heterocycles. The van der Waals surface area contributed by atoms with Gasteiger partial charge in [0.05, 0.1) is 21.6 Å². The molecule has 0 bridgehead atoms. The first-order valence-corrected chi connectivity index (χ1v) is 10.4. The molecule has 0 saturated heterocycles. The minimum Gasteiger partial charge on any atom is -0.483 e. The first-order chi connectivity index (χ1) is 14.4. The van der Waals surface area contributed by atoms with Gasteiger partial charge in [-0.05, 0) is 49.8 Å². The number of rotatable bonds is 5. The summed E-state index contributed by atoms with van der Waals surface area (Å²) >= 11 is 0. The predicted molar refractivity (Wildman–Crippen MR) is 109 cm³/mol. The van der Waals surface area contributed by atoms with E-state index in [1.54, 1.807) is 24.5 Å². The summed E-state index contributed by atoms with van der Waals surface area (Å²) in [5, 5.41) is 12.6. The Morgan fingerprint density at radius 3 is 2.87 bits per heavy atom. The maximum Gasteiger partial charge on any atom is 0.290 e. The molecule has 4 rings (SSSR count). The average molecular weight is 432 g/mol. The smallest absolute Gasteiger partial charge is 0.290 e. The number of amides is 1. The SMILES string of the molecule is CNCCc1cn(S(=O)(=O)c2ccc3c(c2)OCC(=O)N3)c2cccnc12.O=CO. The van der Waals surface area contributed by atoms with Gasteiger partial charge in [-0.15, -0.1) is 0 Å². The van der Waals surface area contributed by atoms with Crippen LogP contribution in [-0.4, -0.2) is 55.1 Å². The molecule has 1 amide bonds. The number of pyridine rings is 1. The molecule has 0 radical (unpaired) electrons. The van der Waals surface area contributed by atoms with Gasteiger partial charge in [0.15, 0.2) is 6.61 Å². The Morgan fingerprint density at radius 2 is 2.13 bits per heavy atom. The van der Waals surface area contributed by atoms with Gasteiger partial charge >= 0.3 is 0 Å².